The first kappa shape index (κ1) is 10.4. The quantitative estimate of drug-likeness (QED) is 0.394. The molecule has 0 atom stereocenters. The van der Waals surface area contributed by atoms with Crippen molar-refractivity contribution in [2.45, 2.75) is 13.8 Å². The molecule has 0 aromatic heterocycles. The predicted octanol–water partition coefficient (Wildman–Crippen LogP) is 3.63. The fraction of sp³-hybridized carbons (Fsp3) is 0.273. The second-order valence-electron chi connectivity index (χ2n) is 3.18. The number of aryl methyl sites for hydroxylation is 2. The van der Waals surface area contributed by atoms with E-state index in [-0.39, 0.29) is 0 Å². The molecule has 0 heterocycles. The highest BCUT2D eigenvalue weighted by molar-refractivity contribution is 5.54. The summed E-state index contributed by atoms with van der Waals surface area (Å²) in [7, 11) is 0. The molecule has 3 nitrogen and oxygen atoms in total. The van der Waals surface area contributed by atoms with Gasteiger partial charge < -0.3 is 0 Å². The van der Waals surface area contributed by atoms with Gasteiger partial charge in [-0.25, -0.2) is 0 Å². The number of hydrogen-bond donors (Lipinski definition) is 0. The van der Waals surface area contributed by atoms with E-state index in [4.69, 9.17) is 5.53 Å². The second-order valence-corrected chi connectivity index (χ2v) is 3.18. The van der Waals surface area contributed by atoms with Gasteiger partial charge in [0.2, 0.25) is 0 Å². The SMILES string of the molecule is Cc1ccc(C)c(C=CCN=[N+]=[N-])c1. The molecule has 1 aromatic carbocycles. The van der Waals surface area contributed by atoms with Crippen LogP contribution in [-0.2, 0) is 0 Å². The normalized spacial score (nSPS) is 10.1. The minimum atomic E-state index is 0.407. The minimum absolute atomic E-state index is 0.407. The maximum atomic E-state index is 8.09. The molecule has 0 amide bonds. The van der Waals surface area contributed by atoms with Gasteiger partial charge in [0.15, 0.2) is 0 Å². The Balaban J connectivity index is 2.79. The van der Waals surface area contributed by atoms with Gasteiger partial charge >= 0.3 is 0 Å². The van der Waals surface area contributed by atoms with E-state index in [1.165, 1.54) is 16.7 Å². The maximum absolute atomic E-state index is 8.09. The lowest BCUT2D eigenvalue weighted by molar-refractivity contribution is 1.22. The van der Waals surface area contributed by atoms with Crippen molar-refractivity contribution in [1.29, 1.82) is 0 Å². The summed E-state index contributed by atoms with van der Waals surface area (Å²) in [6.07, 6.45) is 3.85. The van der Waals surface area contributed by atoms with Crippen LogP contribution in [0.1, 0.15) is 16.7 Å². The zero-order valence-corrected chi connectivity index (χ0v) is 8.44. The average molecular weight is 187 g/mol. The Bertz CT molecular complexity index is 388. The molecule has 0 radical (unpaired) electrons. The van der Waals surface area contributed by atoms with E-state index in [0.29, 0.717) is 6.54 Å². The molecule has 0 saturated carbocycles. The third kappa shape index (κ3) is 2.96. The van der Waals surface area contributed by atoms with E-state index in [1.54, 1.807) is 0 Å². The highest BCUT2D eigenvalue weighted by Crippen LogP contribution is 2.11. The summed E-state index contributed by atoms with van der Waals surface area (Å²) in [5.74, 6) is 0. The van der Waals surface area contributed by atoms with E-state index >= 15 is 0 Å². The third-order valence-corrected chi connectivity index (χ3v) is 1.98. The van der Waals surface area contributed by atoms with Crippen LogP contribution in [0, 0.1) is 13.8 Å². The molecule has 0 fully saturated rings. The van der Waals surface area contributed by atoms with Gasteiger partial charge in [0, 0.05) is 11.5 Å². The monoisotopic (exact) mass is 187 g/mol. The summed E-state index contributed by atoms with van der Waals surface area (Å²) < 4.78 is 0. The molecular weight excluding hydrogens is 174 g/mol. The molecule has 1 aromatic rings. The lowest BCUT2D eigenvalue weighted by Gasteiger charge is -2.00. The van der Waals surface area contributed by atoms with Crippen molar-refractivity contribution in [2.24, 2.45) is 5.11 Å². The number of rotatable bonds is 3. The van der Waals surface area contributed by atoms with Gasteiger partial charge in [0.05, 0.1) is 0 Å². The largest absolute Gasteiger partial charge is 0.0899 e. The lowest BCUT2D eigenvalue weighted by Crippen LogP contribution is -1.82. The van der Waals surface area contributed by atoms with Gasteiger partial charge in [0.25, 0.3) is 0 Å². The maximum Gasteiger partial charge on any atom is 0.0443 e. The summed E-state index contributed by atoms with van der Waals surface area (Å²) in [6.45, 7) is 4.53. The van der Waals surface area contributed by atoms with Crippen molar-refractivity contribution in [1.82, 2.24) is 0 Å². The van der Waals surface area contributed by atoms with Crippen LogP contribution in [0.2, 0.25) is 0 Å². The Hall–Kier alpha value is -1.73. The predicted molar refractivity (Wildman–Crippen MR) is 59.0 cm³/mol. The molecule has 0 bridgehead atoms. The summed E-state index contributed by atoms with van der Waals surface area (Å²) in [5.41, 5.74) is 11.7. The summed E-state index contributed by atoms with van der Waals surface area (Å²) in [4.78, 5) is 2.68. The van der Waals surface area contributed by atoms with E-state index in [0.717, 1.165) is 0 Å². The number of nitrogens with zero attached hydrogens (tertiary/aromatic N) is 3. The minimum Gasteiger partial charge on any atom is -0.0899 e. The Morgan fingerprint density at radius 2 is 2.21 bits per heavy atom. The van der Waals surface area contributed by atoms with Crippen molar-refractivity contribution < 1.29 is 0 Å². The summed E-state index contributed by atoms with van der Waals surface area (Å²) >= 11 is 0. The summed E-state index contributed by atoms with van der Waals surface area (Å²) in [6, 6.07) is 6.28. The zero-order chi connectivity index (χ0) is 10.4. The fourth-order valence-electron chi connectivity index (χ4n) is 1.20. The van der Waals surface area contributed by atoms with Crippen LogP contribution in [0.25, 0.3) is 16.5 Å². The van der Waals surface area contributed by atoms with Gasteiger partial charge in [-0.1, -0.05) is 41.0 Å². The third-order valence-electron chi connectivity index (χ3n) is 1.98. The molecule has 0 unspecified atom stereocenters. The molecule has 14 heavy (non-hydrogen) atoms. The standard InChI is InChI=1S/C11H13N3/c1-9-5-6-10(2)11(8-9)4-3-7-13-14-12/h3-6,8H,7H2,1-2H3. The summed E-state index contributed by atoms with van der Waals surface area (Å²) in [5, 5.41) is 3.43. The highest BCUT2D eigenvalue weighted by atomic mass is 15.1. The van der Waals surface area contributed by atoms with Crippen molar-refractivity contribution in [2.75, 3.05) is 6.54 Å². The average Bonchev–Trinajstić information content (AvgIpc) is 2.18. The van der Waals surface area contributed by atoms with Gasteiger partial charge in [-0.15, -0.1) is 0 Å². The number of benzene rings is 1. The van der Waals surface area contributed by atoms with Crippen molar-refractivity contribution in [3.8, 4) is 0 Å². The first-order valence-electron chi connectivity index (χ1n) is 4.48. The van der Waals surface area contributed by atoms with Crippen LogP contribution in [0.15, 0.2) is 29.4 Å². The van der Waals surface area contributed by atoms with Crippen LogP contribution >= 0.6 is 0 Å². The Kier molecular flexibility index (Phi) is 3.77. The van der Waals surface area contributed by atoms with E-state index in [2.05, 4.69) is 42.1 Å². The van der Waals surface area contributed by atoms with E-state index in [9.17, 15) is 0 Å². The van der Waals surface area contributed by atoms with Gasteiger partial charge in [-0.05, 0) is 30.5 Å². The molecule has 0 aliphatic heterocycles. The van der Waals surface area contributed by atoms with Gasteiger partial charge in [-0.3, -0.25) is 0 Å². The molecule has 0 N–H and O–H groups in total. The van der Waals surface area contributed by atoms with Crippen molar-refractivity contribution in [3.05, 3.63) is 51.4 Å². The molecule has 0 saturated heterocycles. The van der Waals surface area contributed by atoms with Crippen molar-refractivity contribution >= 4 is 6.08 Å². The number of hydrogen-bond acceptors (Lipinski definition) is 1. The van der Waals surface area contributed by atoms with Crippen LogP contribution in [0.5, 0.6) is 0 Å². The smallest absolute Gasteiger partial charge is 0.0443 e. The second kappa shape index (κ2) is 5.10. The molecular formula is C11H13N3. The molecule has 1 rings (SSSR count). The zero-order valence-electron chi connectivity index (χ0n) is 8.44. The van der Waals surface area contributed by atoms with E-state index in [1.807, 2.05) is 12.2 Å². The molecule has 0 aliphatic rings. The molecule has 3 heteroatoms. The Morgan fingerprint density at radius 1 is 1.43 bits per heavy atom. The topological polar surface area (TPSA) is 48.8 Å². The lowest BCUT2D eigenvalue weighted by atomic mass is 10.1. The highest BCUT2D eigenvalue weighted by Gasteiger charge is 1.92. The van der Waals surface area contributed by atoms with Gasteiger partial charge in [0.1, 0.15) is 0 Å². The molecule has 0 spiro atoms. The molecule has 72 valence electrons. The first-order valence-corrected chi connectivity index (χ1v) is 4.48. The van der Waals surface area contributed by atoms with Crippen LogP contribution in [-0.4, -0.2) is 6.54 Å². The van der Waals surface area contributed by atoms with Crippen molar-refractivity contribution in [3.63, 3.8) is 0 Å². The Labute approximate surface area is 83.7 Å². The van der Waals surface area contributed by atoms with Crippen LogP contribution < -0.4 is 0 Å². The number of azide groups is 1. The van der Waals surface area contributed by atoms with E-state index < -0.39 is 0 Å². The van der Waals surface area contributed by atoms with Crippen LogP contribution in [0.3, 0.4) is 0 Å². The Morgan fingerprint density at radius 3 is 2.93 bits per heavy atom. The van der Waals surface area contributed by atoms with Crippen LogP contribution in [0.4, 0.5) is 0 Å². The first-order chi connectivity index (χ1) is 6.74. The molecule has 0 aliphatic carbocycles. The fourth-order valence-corrected chi connectivity index (χ4v) is 1.20. The van der Waals surface area contributed by atoms with Gasteiger partial charge in [-0.2, -0.15) is 0 Å².